The molecule has 1 aliphatic rings. The summed E-state index contributed by atoms with van der Waals surface area (Å²) in [6, 6.07) is 14.7. The Hall–Kier alpha value is -3.75. The Balaban J connectivity index is 1.23. The maximum atomic E-state index is 13.8. The zero-order chi connectivity index (χ0) is 20.5. The number of halogens is 1. The Morgan fingerprint density at radius 3 is 2.60 bits per heavy atom. The molecule has 4 aromatic rings. The summed E-state index contributed by atoms with van der Waals surface area (Å²) in [5, 5.41) is 7.95. The molecule has 5 rings (SSSR count). The number of fused-ring (bicyclic) bond motifs is 1. The molecule has 0 atom stereocenters. The molecule has 9 heteroatoms. The summed E-state index contributed by atoms with van der Waals surface area (Å²) in [5.74, 6) is -0.497. The molecule has 2 aromatic heterocycles. The molecular weight excluding hydrogens is 387 g/mol. The van der Waals surface area contributed by atoms with Gasteiger partial charge in [0.25, 0.3) is 11.9 Å². The molecule has 0 saturated carbocycles. The first-order valence-electron chi connectivity index (χ1n) is 9.71. The van der Waals surface area contributed by atoms with Crippen LogP contribution in [0.2, 0.25) is 0 Å². The number of hydrogen-bond donors (Lipinski definition) is 0. The van der Waals surface area contributed by atoms with E-state index in [1.165, 1.54) is 10.7 Å². The molecule has 1 fully saturated rings. The third-order valence-corrected chi connectivity index (χ3v) is 5.17. The largest absolute Gasteiger partial charge is 0.423 e. The molecule has 1 amide bonds. The molecular formula is C21H19FN6O2. The molecule has 2 aromatic carbocycles. The van der Waals surface area contributed by atoms with Crippen molar-refractivity contribution in [2.75, 3.05) is 31.1 Å². The predicted octanol–water partition coefficient (Wildman–Crippen LogP) is 2.57. The fourth-order valence-corrected chi connectivity index (χ4v) is 3.53. The maximum absolute atomic E-state index is 13.8. The standard InChI is InChI=1S/C21H19FN6O2/c22-16-6-2-1-5-15(16)13-28-14-18(24-25-28)20(29)26-9-11-27(12-10-26)21-23-17-7-3-4-8-19(17)30-21/h1-8,14H,9-13H2. The van der Waals surface area contributed by atoms with Gasteiger partial charge < -0.3 is 14.2 Å². The van der Waals surface area contributed by atoms with Crippen LogP contribution in [-0.2, 0) is 6.54 Å². The van der Waals surface area contributed by atoms with E-state index in [1.807, 2.05) is 29.2 Å². The van der Waals surface area contributed by atoms with E-state index in [-0.39, 0.29) is 24.0 Å². The van der Waals surface area contributed by atoms with E-state index in [4.69, 9.17) is 4.42 Å². The SMILES string of the molecule is O=C(c1cn(Cc2ccccc2F)nn1)N1CCN(c2nc3ccccc3o2)CC1. The van der Waals surface area contributed by atoms with Crippen LogP contribution in [0.3, 0.4) is 0 Å². The Morgan fingerprint density at radius 1 is 1.03 bits per heavy atom. The lowest BCUT2D eigenvalue weighted by atomic mass is 10.2. The molecule has 30 heavy (non-hydrogen) atoms. The Bertz CT molecular complexity index is 1160. The molecule has 0 unspecified atom stereocenters. The highest BCUT2D eigenvalue weighted by atomic mass is 19.1. The molecule has 0 radical (unpaired) electrons. The van der Waals surface area contributed by atoms with E-state index >= 15 is 0 Å². The molecule has 8 nitrogen and oxygen atoms in total. The van der Waals surface area contributed by atoms with Gasteiger partial charge in [0.1, 0.15) is 11.3 Å². The second-order valence-electron chi connectivity index (χ2n) is 7.14. The van der Waals surface area contributed by atoms with Gasteiger partial charge in [0.15, 0.2) is 11.3 Å². The number of piperazine rings is 1. The zero-order valence-electron chi connectivity index (χ0n) is 16.1. The minimum absolute atomic E-state index is 0.188. The zero-order valence-corrected chi connectivity index (χ0v) is 16.1. The van der Waals surface area contributed by atoms with E-state index in [2.05, 4.69) is 15.3 Å². The normalized spacial score (nSPS) is 14.4. The molecule has 0 bridgehead atoms. The van der Waals surface area contributed by atoms with E-state index in [9.17, 15) is 9.18 Å². The first-order chi connectivity index (χ1) is 14.7. The van der Waals surface area contributed by atoms with Crippen LogP contribution in [0.25, 0.3) is 11.1 Å². The Morgan fingerprint density at radius 2 is 1.80 bits per heavy atom. The van der Waals surface area contributed by atoms with E-state index in [0.717, 1.165) is 11.1 Å². The fraction of sp³-hybridized carbons (Fsp3) is 0.238. The number of nitrogens with zero attached hydrogens (tertiary/aromatic N) is 6. The molecule has 1 saturated heterocycles. The molecule has 0 N–H and O–H groups in total. The highest BCUT2D eigenvalue weighted by molar-refractivity contribution is 5.92. The van der Waals surface area contributed by atoms with Gasteiger partial charge in [-0.15, -0.1) is 5.10 Å². The number of amides is 1. The predicted molar refractivity (Wildman–Crippen MR) is 108 cm³/mol. The van der Waals surface area contributed by atoms with Crippen molar-refractivity contribution < 1.29 is 13.6 Å². The number of para-hydroxylation sites is 2. The minimum atomic E-state index is -0.309. The van der Waals surface area contributed by atoms with Crippen molar-refractivity contribution in [1.82, 2.24) is 24.9 Å². The maximum Gasteiger partial charge on any atom is 0.298 e. The number of hydrogen-bond acceptors (Lipinski definition) is 6. The summed E-state index contributed by atoms with van der Waals surface area (Å²) in [5.41, 5.74) is 2.31. The van der Waals surface area contributed by atoms with E-state index in [1.54, 1.807) is 29.3 Å². The van der Waals surface area contributed by atoms with Crippen LogP contribution in [0.4, 0.5) is 10.4 Å². The van der Waals surface area contributed by atoms with Crippen LogP contribution < -0.4 is 4.90 Å². The van der Waals surface area contributed by atoms with Crippen molar-refractivity contribution in [3.8, 4) is 0 Å². The first-order valence-corrected chi connectivity index (χ1v) is 9.71. The van der Waals surface area contributed by atoms with Gasteiger partial charge in [0.2, 0.25) is 0 Å². The summed E-state index contributed by atoms with van der Waals surface area (Å²) in [6.45, 7) is 2.50. The van der Waals surface area contributed by atoms with Gasteiger partial charge in [-0.3, -0.25) is 4.79 Å². The van der Waals surface area contributed by atoms with E-state index < -0.39 is 0 Å². The van der Waals surface area contributed by atoms with Gasteiger partial charge in [-0.2, -0.15) is 4.98 Å². The van der Waals surface area contributed by atoms with Gasteiger partial charge in [-0.25, -0.2) is 9.07 Å². The highest BCUT2D eigenvalue weighted by Gasteiger charge is 2.26. The third-order valence-electron chi connectivity index (χ3n) is 5.17. The second-order valence-corrected chi connectivity index (χ2v) is 7.14. The Labute approximate surface area is 171 Å². The summed E-state index contributed by atoms with van der Waals surface area (Å²) in [4.78, 5) is 21.1. The number of benzene rings is 2. The van der Waals surface area contributed by atoms with Crippen LogP contribution in [0.15, 0.2) is 59.1 Å². The van der Waals surface area contributed by atoms with Crippen molar-refractivity contribution in [2.24, 2.45) is 0 Å². The summed E-state index contributed by atoms with van der Waals surface area (Å²) < 4.78 is 21.1. The summed E-state index contributed by atoms with van der Waals surface area (Å²) >= 11 is 0. The monoisotopic (exact) mass is 406 g/mol. The number of rotatable bonds is 4. The van der Waals surface area contributed by atoms with Gasteiger partial charge in [-0.05, 0) is 18.2 Å². The fourth-order valence-electron chi connectivity index (χ4n) is 3.53. The third kappa shape index (κ3) is 3.49. The smallest absolute Gasteiger partial charge is 0.298 e. The van der Waals surface area contributed by atoms with Crippen LogP contribution in [0.5, 0.6) is 0 Å². The van der Waals surface area contributed by atoms with Gasteiger partial charge in [0.05, 0.1) is 12.7 Å². The van der Waals surface area contributed by atoms with E-state index in [0.29, 0.717) is 37.8 Å². The number of carbonyl (C=O) groups is 1. The van der Waals surface area contributed by atoms with Crippen molar-refractivity contribution in [3.63, 3.8) is 0 Å². The van der Waals surface area contributed by atoms with Crippen LogP contribution in [0.1, 0.15) is 16.1 Å². The summed E-state index contributed by atoms with van der Waals surface area (Å²) in [6.07, 6.45) is 1.56. The average molecular weight is 406 g/mol. The van der Waals surface area contributed by atoms with Crippen molar-refractivity contribution >= 4 is 23.0 Å². The van der Waals surface area contributed by atoms with Gasteiger partial charge >= 0.3 is 0 Å². The molecule has 0 spiro atoms. The number of oxazole rings is 1. The summed E-state index contributed by atoms with van der Waals surface area (Å²) in [7, 11) is 0. The van der Waals surface area contributed by atoms with Crippen LogP contribution >= 0.6 is 0 Å². The minimum Gasteiger partial charge on any atom is -0.423 e. The second kappa shape index (κ2) is 7.58. The van der Waals surface area contributed by atoms with Crippen molar-refractivity contribution in [2.45, 2.75) is 6.54 Å². The molecule has 0 aliphatic carbocycles. The quantitative estimate of drug-likeness (QED) is 0.518. The van der Waals surface area contributed by atoms with Gasteiger partial charge in [-0.1, -0.05) is 35.5 Å². The lowest BCUT2D eigenvalue weighted by molar-refractivity contribution is 0.0739. The average Bonchev–Trinajstić information content (AvgIpc) is 3.42. The first kappa shape index (κ1) is 18.3. The Kier molecular flexibility index (Phi) is 4.62. The lowest BCUT2D eigenvalue weighted by Crippen LogP contribution is -2.49. The topological polar surface area (TPSA) is 80.3 Å². The van der Waals surface area contributed by atoms with Crippen LogP contribution in [-0.4, -0.2) is 57.0 Å². The van der Waals surface area contributed by atoms with Crippen molar-refractivity contribution in [3.05, 3.63) is 71.8 Å². The lowest BCUT2D eigenvalue weighted by Gasteiger charge is -2.33. The van der Waals surface area contributed by atoms with Crippen molar-refractivity contribution in [1.29, 1.82) is 0 Å². The number of anilines is 1. The molecule has 3 heterocycles. The van der Waals surface area contributed by atoms with Gasteiger partial charge in [0, 0.05) is 31.7 Å². The van der Waals surface area contributed by atoms with Crippen LogP contribution in [0, 0.1) is 5.82 Å². The molecule has 152 valence electrons. The highest BCUT2D eigenvalue weighted by Crippen LogP contribution is 2.22. The molecule has 1 aliphatic heterocycles. The number of aromatic nitrogens is 4. The number of carbonyl (C=O) groups excluding carboxylic acids is 1.